The van der Waals surface area contributed by atoms with E-state index in [1.54, 1.807) is 0 Å². The molecule has 2 N–H and O–H groups in total. The van der Waals surface area contributed by atoms with Crippen molar-refractivity contribution in [2.45, 2.75) is 37.1 Å². The van der Waals surface area contributed by atoms with Gasteiger partial charge in [-0.2, -0.15) is 0 Å². The monoisotopic (exact) mass is 318 g/mol. The molecule has 0 aliphatic carbocycles. The average Bonchev–Trinajstić information content (AvgIpc) is 2.70. The van der Waals surface area contributed by atoms with Gasteiger partial charge < -0.3 is 4.90 Å². The number of rotatable bonds is 2. The van der Waals surface area contributed by atoms with Gasteiger partial charge in [0.25, 0.3) is 5.91 Å². The van der Waals surface area contributed by atoms with E-state index in [1.165, 1.54) is 4.90 Å². The van der Waals surface area contributed by atoms with E-state index in [0.717, 1.165) is 18.9 Å². The van der Waals surface area contributed by atoms with Crippen LogP contribution < -0.4 is 5.14 Å². The topological polar surface area (TPSA) is 80.5 Å². The Morgan fingerprint density at radius 3 is 2.43 bits per heavy atom. The second-order valence-electron chi connectivity index (χ2n) is 5.68. The third kappa shape index (κ3) is 2.91. The highest BCUT2D eigenvalue weighted by Crippen LogP contribution is 2.31. The van der Waals surface area contributed by atoms with Crippen molar-refractivity contribution >= 4 is 15.9 Å². The molecule has 0 spiro atoms. The van der Waals surface area contributed by atoms with E-state index in [2.05, 4.69) is 0 Å². The van der Waals surface area contributed by atoms with Crippen molar-refractivity contribution in [1.29, 1.82) is 0 Å². The largest absolute Gasteiger partial charge is 0.333 e. The molecule has 116 valence electrons. The maximum Gasteiger partial charge on any atom is 0.257 e. The Morgan fingerprint density at radius 1 is 1.33 bits per heavy atom. The van der Waals surface area contributed by atoms with E-state index < -0.39 is 43.6 Å². The van der Waals surface area contributed by atoms with Gasteiger partial charge in [-0.25, -0.2) is 22.3 Å². The minimum atomic E-state index is -4.23. The lowest BCUT2D eigenvalue weighted by Gasteiger charge is -2.31. The van der Waals surface area contributed by atoms with Crippen LogP contribution in [-0.4, -0.2) is 31.3 Å². The number of halogens is 2. The molecule has 0 radical (unpaired) electrons. The molecule has 0 aromatic heterocycles. The van der Waals surface area contributed by atoms with E-state index in [-0.39, 0.29) is 0 Å². The minimum absolute atomic E-state index is 0.409. The standard InChI is InChI=1S/C13H16F2N2O3S/c1-13(2)4-3-5-17(13)12(18)9-6-8(21(16,19)20)7-10(14)11(9)15/h6-7H,3-5H2,1-2H3,(H2,16,19,20). The van der Waals surface area contributed by atoms with Gasteiger partial charge in [0.05, 0.1) is 10.5 Å². The molecule has 2 rings (SSSR count). The zero-order valence-electron chi connectivity index (χ0n) is 11.7. The summed E-state index contributed by atoms with van der Waals surface area (Å²) in [5.74, 6) is -3.52. The second kappa shape index (κ2) is 5.03. The molecule has 0 saturated carbocycles. The van der Waals surface area contributed by atoms with Crippen LogP contribution in [0.1, 0.15) is 37.0 Å². The summed E-state index contributed by atoms with van der Waals surface area (Å²) in [5.41, 5.74) is -1.11. The summed E-state index contributed by atoms with van der Waals surface area (Å²) >= 11 is 0. The molecule has 1 amide bonds. The van der Waals surface area contributed by atoms with Crippen molar-refractivity contribution in [2.24, 2.45) is 5.14 Å². The van der Waals surface area contributed by atoms with Crippen molar-refractivity contribution < 1.29 is 22.0 Å². The van der Waals surface area contributed by atoms with E-state index in [0.29, 0.717) is 12.6 Å². The fourth-order valence-corrected chi connectivity index (χ4v) is 3.06. The molecule has 1 aliphatic rings. The Kier molecular flexibility index (Phi) is 3.79. The summed E-state index contributed by atoms with van der Waals surface area (Å²) in [6, 6.07) is 1.25. The number of likely N-dealkylation sites (tertiary alicyclic amines) is 1. The van der Waals surface area contributed by atoms with Crippen LogP contribution in [0.5, 0.6) is 0 Å². The molecule has 21 heavy (non-hydrogen) atoms. The molecule has 1 aromatic rings. The Labute approximate surface area is 121 Å². The number of amides is 1. The van der Waals surface area contributed by atoms with Gasteiger partial charge in [0, 0.05) is 12.1 Å². The van der Waals surface area contributed by atoms with Crippen molar-refractivity contribution in [3.05, 3.63) is 29.3 Å². The lowest BCUT2D eigenvalue weighted by molar-refractivity contribution is 0.0645. The summed E-state index contributed by atoms with van der Waals surface area (Å²) in [6.07, 6.45) is 1.48. The highest BCUT2D eigenvalue weighted by atomic mass is 32.2. The molecule has 1 saturated heterocycles. The van der Waals surface area contributed by atoms with Gasteiger partial charge in [-0.05, 0) is 38.8 Å². The summed E-state index contributed by atoms with van der Waals surface area (Å²) in [4.78, 5) is 13.2. The van der Waals surface area contributed by atoms with Gasteiger partial charge in [0.2, 0.25) is 10.0 Å². The van der Waals surface area contributed by atoms with Gasteiger partial charge in [-0.15, -0.1) is 0 Å². The number of sulfonamides is 1. The fourth-order valence-electron chi connectivity index (χ4n) is 2.51. The number of hydrogen-bond acceptors (Lipinski definition) is 3. The van der Waals surface area contributed by atoms with Crippen molar-refractivity contribution in [3.63, 3.8) is 0 Å². The zero-order chi connectivity index (χ0) is 16.0. The van der Waals surface area contributed by atoms with Gasteiger partial charge in [-0.3, -0.25) is 4.79 Å². The predicted octanol–water partition coefficient (Wildman–Crippen LogP) is 1.63. The number of carbonyl (C=O) groups is 1. The van der Waals surface area contributed by atoms with Crippen LogP contribution in [0.3, 0.4) is 0 Å². The molecule has 1 aromatic carbocycles. The lowest BCUT2D eigenvalue weighted by Crippen LogP contribution is -2.43. The fraction of sp³-hybridized carbons (Fsp3) is 0.462. The van der Waals surface area contributed by atoms with Crippen LogP contribution in [0.2, 0.25) is 0 Å². The third-order valence-electron chi connectivity index (χ3n) is 3.71. The Bertz CT molecular complexity index is 702. The first-order chi connectivity index (χ1) is 9.54. The third-order valence-corrected chi connectivity index (χ3v) is 4.60. The van der Waals surface area contributed by atoms with Crippen molar-refractivity contribution in [2.75, 3.05) is 6.54 Å². The molecule has 1 heterocycles. The Hall–Kier alpha value is -1.54. The van der Waals surface area contributed by atoms with Crippen LogP contribution >= 0.6 is 0 Å². The molecule has 8 heteroatoms. The molecule has 1 aliphatic heterocycles. The first kappa shape index (κ1) is 15.8. The Balaban J connectivity index is 2.53. The molecule has 0 atom stereocenters. The average molecular weight is 318 g/mol. The van der Waals surface area contributed by atoms with Crippen LogP contribution in [-0.2, 0) is 10.0 Å². The Morgan fingerprint density at radius 2 is 1.95 bits per heavy atom. The van der Waals surface area contributed by atoms with Crippen molar-refractivity contribution in [1.82, 2.24) is 4.90 Å². The zero-order valence-corrected chi connectivity index (χ0v) is 12.5. The lowest BCUT2D eigenvalue weighted by atomic mass is 10.0. The van der Waals surface area contributed by atoms with E-state index in [9.17, 15) is 22.0 Å². The predicted molar refractivity (Wildman–Crippen MR) is 72.1 cm³/mol. The molecule has 0 unspecified atom stereocenters. The van der Waals surface area contributed by atoms with Gasteiger partial charge in [-0.1, -0.05) is 0 Å². The molecular formula is C13H16F2N2O3S. The van der Waals surface area contributed by atoms with Crippen LogP contribution in [0, 0.1) is 11.6 Å². The summed E-state index contributed by atoms with van der Waals surface area (Å²) < 4.78 is 50.0. The number of carbonyl (C=O) groups excluding carboxylic acids is 1. The molecule has 0 bridgehead atoms. The van der Waals surface area contributed by atoms with E-state index in [1.807, 2.05) is 13.8 Å². The summed E-state index contributed by atoms with van der Waals surface area (Å²) in [6.45, 7) is 4.04. The minimum Gasteiger partial charge on any atom is -0.333 e. The maximum atomic E-state index is 13.9. The SMILES string of the molecule is CC1(C)CCCN1C(=O)c1cc(S(N)(=O)=O)cc(F)c1F. The first-order valence-corrected chi connectivity index (χ1v) is 7.92. The number of primary sulfonamides is 1. The molecule has 5 nitrogen and oxygen atoms in total. The van der Waals surface area contributed by atoms with Gasteiger partial charge in [0.1, 0.15) is 0 Å². The number of nitrogens with zero attached hydrogens (tertiary/aromatic N) is 1. The highest BCUT2D eigenvalue weighted by Gasteiger charge is 2.37. The van der Waals surface area contributed by atoms with Gasteiger partial charge >= 0.3 is 0 Å². The maximum absolute atomic E-state index is 13.9. The summed E-state index contributed by atoms with van der Waals surface area (Å²) in [5, 5.41) is 4.91. The highest BCUT2D eigenvalue weighted by molar-refractivity contribution is 7.89. The van der Waals surface area contributed by atoms with E-state index in [4.69, 9.17) is 5.14 Å². The number of hydrogen-bond donors (Lipinski definition) is 1. The van der Waals surface area contributed by atoms with Crippen LogP contribution in [0.4, 0.5) is 8.78 Å². The van der Waals surface area contributed by atoms with E-state index >= 15 is 0 Å². The number of benzene rings is 1. The smallest absolute Gasteiger partial charge is 0.257 e. The summed E-state index contributed by atoms with van der Waals surface area (Å²) in [7, 11) is -4.23. The molecular weight excluding hydrogens is 302 g/mol. The van der Waals surface area contributed by atoms with Crippen LogP contribution in [0.25, 0.3) is 0 Å². The molecule has 1 fully saturated rings. The number of nitrogens with two attached hydrogens (primary N) is 1. The second-order valence-corrected chi connectivity index (χ2v) is 7.25. The normalized spacial score (nSPS) is 18.0. The first-order valence-electron chi connectivity index (χ1n) is 6.38. The van der Waals surface area contributed by atoms with Crippen molar-refractivity contribution in [3.8, 4) is 0 Å². The van der Waals surface area contributed by atoms with Crippen LogP contribution in [0.15, 0.2) is 17.0 Å². The quantitative estimate of drug-likeness (QED) is 0.900. The van der Waals surface area contributed by atoms with Gasteiger partial charge in [0.15, 0.2) is 11.6 Å².